The Bertz CT molecular complexity index is 1140. The van der Waals surface area contributed by atoms with Gasteiger partial charge in [0, 0.05) is 6.20 Å². The Morgan fingerprint density at radius 2 is 1.72 bits per heavy atom. The number of nitrogens with one attached hydrogen (secondary N) is 1. The summed E-state index contributed by atoms with van der Waals surface area (Å²) >= 11 is 0. The van der Waals surface area contributed by atoms with Crippen LogP contribution in [0, 0.1) is 0 Å². The van der Waals surface area contributed by atoms with Crippen LogP contribution in [0.1, 0.15) is 60.6 Å². The summed E-state index contributed by atoms with van der Waals surface area (Å²) in [6.45, 7) is 8.37. The second kappa shape index (κ2) is 11.9. The lowest BCUT2D eigenvalue weighted by Crippen LogP contribution is -2.45. The van der Waals surface area contributed by atoms with Crippen molar-refractivity contribution < 1.29 is 56.7 Å². The Labute approximate surface area is 221 Å². The molecule has 218 valence electrons. The molecule has 3 atom stereocenters. The number of halogens is 2. The topological polar surface area (TPSA) is 182 Å². The van der Waals surface area contributed by atoms with Crippen molar-refractivity contribution in [2.75, 3.05) is 11.9 Å². The molecular formula is C23H31F2N3O11. The van der Waals surface area contributed by atoms with E-state index in [-0.39, 0.29) is 5.82 Å². The summed E-state index contributed by atoms with van der Waals surface area (Å²) in [7, 11) is 0. The van der Waals surface area contributed by atoms with E-state index in [4.69, 9.17) is 28.8 Å². The Kier molecular flexibility index (Phi) is 9.60. The quantitative estimate of drug-likeness (QED) is 0.349. The van der Waals surface area contributed by atoms with Gasteiger partial charge in [0.05, 0.1) is 12.8 Å². The van der Waals surface area contributed by atoms with Crippen LogP contribution in [0.5, 0.6) is 0 Å². The van der Waals surface area contributed by atoms with Crippen LogP contribution in [-0.4, -0.2) is 74.8 Å². The normalized spacial score (nSPS) is 20.6. The van der Waals surface area contributed by atoms with Crippen LogP contribution in [0.4, 0.5) is 24.2 Å². The summed E-state index contributed by atoms with van der Waals surface area (Å²) in [5.74, 6) is -6.67. The highest BCUT2D eigenvalue weighted by atomic mass is 19.3. The predicted octanol–water partition coefficient (Wildman–Crippen LogP) is 2.85. The zero-order valence-corrected chi connectivity index (χ0v) is 22.2. The van der Waals surface area contributed by atoms with Gasteiger partial charge in [0.1, 0.15) is 29.7 Å². The standard InChI is InChI=1S/C23H31F2N3O11/c1-21(2,3)38-19(33)27-13-9-10-28(18(32)26-13)17-23(24,25)16(37-20(34)39-22(4,5)6)12(36-17)11-35-15(31)8-7-14(29)30/h9-10,12,16-17H,7-8,11H2,1-6H3,(H,29,30)(H,26,27,32,33)/t12-,16-,17-/m1/s1. The number of amides is 1. The van der Waals surface area contributed by atoms with Crippen molar-refractivity contribution in [2.45, 2.75) is 89.9 Å². The molecule has 14 nitrogen and oxygen atoms in total. The van der Waals surface area contributed by atoms with E-state index in [1.807, 2.05) is 0 Å². The maximum atomic E-state index is 15.5. The molecule has 16 heteroatoms. The monoisotopic (exact) mass is 563 g/mol. The van der Waals surface area contributed by atoms with Crippen LogP contribution in [0.25, 0.3) is 0 Å². The minimum Gasteiger partial charge on any atom is -0.481 e. The average Bonchev–Trinajstić information content (AvgIpc) is 2.98. The number of carboxylic acid groups (broad SMARTS) is 1. The summed E-state index contributed by atoms with van der Waals surface area (Å²) in [5.41, 5.74) is -3.21. The Morgan fingerprint density at radius 3 is 2.26 bits per heavy atom. The first kappa shape index (κ1) is 31.4. The van der Waals surface area contributed by atoms with Crippen molar-refractivity contribution in [2.24, 2.45) is 0 Å². The number of alkyl halides is 2. The molecule has 1 aliphatic rings. The molecule has 1 aromatic heterocycles. The summed E-state index contributed by atoms with van der Waals surface area (Å²) in [4.78, 5) is 62.7. The third-order valence-electron chi connectivity index (χ3n) is 4.63. The zero-order valence-electron chi connectivity index (χ0n) is 22.2. The minimum atomic E-state index is -4.07. The van der Waals surface area contributed by atoms with Crippen LogP contribution in [0.2, 0.25) is 0 Å². The molecule has 39 heavy (non-hydrogen) atoms. The predicted molar refractivity (Wildman–Crippen MR) is 126 cm³/mol. The molecule has 1 aromatic rings. The highest BCUT2D eigenvalue weighted by Crippen LogP contribution is 2.44. The van der Waals surface area contributed by atoms with Crippen molar-refractivity contribution in [1.82, 2.24) is 9.55 Å². The fourth-order valence-corrected chi connectivity index (χ4v) is 3.15. The lowest BCUT2D eigenvalue weighted by Gasteiger charge is -2.26. The third-order valence-corrected chi connectivity index (χ3v) is 4.63. The number of esters is 1. The van der Waals surface area contributed by atoms with Crippen LogP contribution < -0.4 is 11.0 Å². The zero-order chi connectivity index (χ0) is 29.8. The number of carbonyl (C=O) groups excluding carboxylic acids is 3. The van der Waals surface area contributed by atoms with Gasteiger partial charge in [0.25, 0.3) is 0 Å². The van der Waals surface area contributed by atoms with E-state index in [1.165, 1.54) is 20.8 Å². The van der Waals surface area contributed by atoms with E-state index in [1.54, 1.807) is 20.8 Å². The fourth-order valence-electron chi connectivity index (χ4n) is 3.15. The summed E-state index contributed by atoms with van der Waals surface area (Å²) in [5, 5.41) is 10.9. The summed E-state index contributed by atoms with van der Waals surface area (Å²) in [6, 6.07) is 1.04. The number of aliphatic carboxylic acids is 1. The fraction of sp³-hybridized carbons (Fsp3) is 0.652. The van der Waals surface area contributed by atoms with Gasteiger partial charge >= 0.3 is 35.8 Å². The molecule has 0 bridgehead atoms. The van der Waals surface area contributed by atoms with E-state index in [2.05, 4.69) is 10.3 Å². The number of aromatic nitrogens is 2. The van der Waals surface area contributed by atoms with E-state index in [9.17, 15) is 24.0 Å². The molecule has 2 N–H and O–H groups in total. The van der Waals surface area contributed by atoms with Gasteiger partial charge in [-0.25, -0.2) is 14.4 Å². The van der Waals surface area contributed by atoms with Gasteiger partial charge in [-0.1, -0.05) is 0 Å². The van der Waals surface area contributed by atoms with Crippen molar-refractivity contribution >= 4 is 30.0 Å². The van der Waals surface area contributed by atoms with Crippen LogP contribution in [0.3, 0.4) is 0 Å². The molecule has 1 fully saturated rings. The molecule has 0 saturated carbocycles. The number of rotatable bonds is 8. The van der Waals surface area contributed by atoms with E-state index in [0.717, 1.165) is 12.3 Å². The van der Waals surface area contributed by atoms with Crippen LogP contribution in [-0.2, 0) is 33.3 Å². The smallest absolute Gasteiger partial charge is 0.481 e. The van der Waals surface area contributed by atoms with E-state index < -0.39 is 84.9 Å². The van der Waals surface area contributed by atoms with Crippen molar-refractivity contribution in [3.05, 3.63) is 22.7 Å². The molecule has 1 aliphatic heterocycles. The molecular weight excluding hydrogens is 532 g/mol. The SMILES string of the molecule is CC(C)(C)OC(=O)Nc1ccn([C@@H]2O[C@H](COC(=O)CCC(=O)O)[C@@H](OC(=O)OC(C)(C)C)C2(F)F)c(=O)n1. The number of carboxylic acids is 1. The summed E-state index contributed by atoms with van der Waals surface area (Å²) in [6.07, 6.45) is -9.18. The van der Waals surface area contributed by atoms with Gasteiger partial charge in [0.2, 0.25) is 12.3 Å². The van der Waals surface area contributed by atoms with Gasteiger partial charge in [-0.15, -0.1) is 0 Å². The third kappa shape index (κ3) is 9.46. The molecule has 2 rings (SSSR count). The molecule has 2 heterocycles. The first-order chi connectivity index (χ1) is 17.8. The molecule has 0 unspecified atom stereocenters. The maximum absolute atomic E-state index is 15.5. The lowest BCUT2D eigenvalue weighted by atomic mass is 10.1. The highest BCUT2D eigenvalue weighted by Gasteiger charge is 2.63. The van der Waals surface area contributed by atoms with Crippen molar-refractivity contribution in [3.63, 3.8) is 0 Å². The van der Waals surface area contributed by atoms with E-state index >= 15 is 8.78 Å². The van der Waals surface area contributed by atoms with Gasteiger partial charge in [-0.05, 0) is 47.6 Å². The van der Waals surface area contributed by atoms with E-state index in [0.29, 0.717) is 4.57 Å². The molecule has 0 aromatic carbocycles. The number of ether oxygens (including phenoxy) is 5. The first-order valence-corrected chi connectivity index (χ1v) is 11.7. The van der Waals surface area contributed by atoms with Gasteiger partial charge in [-0.3, -0.25) is 19.5 Å². The van der Waals surface area contributed by atoms with Crippen molar-refractivity contribution in [3.8, 4) is 0 Å². The maximum Gasteiger partial charge on any atom is 0.509 e. The number of hydrogen-bond acceptors (Lipinski definition) is 11. The lowest BCUT2D eigenvalue weighted by molar-refractivity contribution is -0.153. The second-order valence-corrected chi connectivity index (χ2v) is 10.4. The molecule has 0 spiro atoms. The number of nitrogens with zero attached hydrogens (tertiary/aromatic N) is 2. The first-order valence-electron chi connectivity index (χ1n) is 11.7. The Morgan fingerprint density at radius 1 is 1.10 bits per heavy atom. The Balaban J connectivity index is 2.29. The van der Waals surface area contributed by atoms with Crippen LogP contribution in [0.15, 0.2) is 17.1 Å². The molecule has 1 amide bonds. The summed E-state index contributed by atoms with van der Waals surface area (Å²) < 4.78 is 56.3. The number of anilines is 1. The van der Waals surface area contributed by atoms with Crippen molar-refractivity contribution in [1.29, 1.82) is 0 Å². The van der Waals surface area contributed by atoms with Gasteiger partial charge < -0.3 is 28.8 Å². The van der Waals surface area contributed by atoms with Crippen LogP contribution >= 0.6 is 0 Å². The molecule has 1 saturated heterocycles. The van der Waals surface area contributed by atoms with Gasteiger partial charge in [0.15, 0.2) is 0 Å². The minimum absolute atomic E-state index is 0.294. The average molecular weight is 564 g/mol. The van der Waals surface area contributed by atoms with Gasteiger partial charge in [-0.2, -0.15) is 13.8 Å². The molecule has 0 radical (unpaired) electrons. The Hall–Kier alpha value is -3.82. The second-order valence-electron chi connectivity index (χ2n) is 10.4. The number of carbonyl (C=O) groups is 4. The molecule has 0 aliphatic carbocycles. The highest BCUT2D eigenvalue weighted by molar-refractivity contribution is 5.83. The largest absolute Gasteiger partial charge is 0.509 e. The number of hydrogen-bond donors (Lipinski definition) is 2.